The average Bonchev–Trinajstić information content (AvgIpc) is 2.95. The van der Waals surface area contributed by atoms with Gasteiger partial charge in [0.25, 0.3) is 0 Å². The molecule has 3 aromatic rings. The number of hydrogen-bond acceptors (Lipinski definition) is 7. The Morgan fingerprint density at radius 3 is 1.86 bits per heavy atom. The van der Waals surface area contributed by atoms with E-state index in [1.807, 2.05) is 58.5 Å². The van der Waals surface area contributed by atoms with Gasteiger partial charge in [0.1, 0.15) is 24.7 Å². The molecule has 0 aromatic heterocycles. The van der Waals surface area contributed by atoms with E-state index in [4.69, 9.17) is 19.7 Å². The van der Waals surface area contributed by atoms with E-state index in [0.717, 1.165) is 35.5 Å². The predicted molar refractivity (Wildman–Crippen MR) is 174 cm³/mol. The Morgan fingerprint density at radius 1 is 0.705 bits per heavy atom. The minimum Gasteiger partial charge on any atom is -0.492 e. The van der Waals surface area contributed by atoms with Crippen molar-refractivity contribution in [2.75, 3.05) is 54.5 Å². The first kappa shape index (κ1) is 35.5. The van der Waals surface area contributed by atoms with Crippen molar-refractivity contribution < 1.29 is 34.1 Å². The predicted octanol–water partition coefficient (Wildman–Crippen LogP) is 5.46. The van der Waals surface area contributed by atoms with E-state index >= 15 is 0 Å². The van der Waals surface area contributed by atoms with Gasteiger partial charge in [-0.3, -0.25) is 4.79 Å². The maximum absolute atomic E-state index is 13.0. The Bertz CT molecular complexity index is 1440. The van der Waals surface area contributed by atoms with E-state index in [9.17, 15) is 14.4 Å². The molecule has 0 heterocycles. The standard InChI is InChI=1S/C31H38N2O3.C4H4O4/c1-23-18-24(2)20-28(19-23)25-11-13-31(36-17-15-33(5)6)27(21-25)10-12-30(34)26-8-7-9-29(22-26)35-16-14-32(3)4;5-3(6)1-2-4(7)8/h7-13,18-22H,14-17H2,1-6H3;1-2H,(H,5,6)(H,7,8)/b12-10+;2-1+. The molecule has 2 N–H and O–H groups in total. The van der Waals surface area contributed by atoms with Crippen LogP contribution in [0.25, 0.3) is 17.2 Å². The van der Waals surface area contributed by atoms with E-state index < -0.39 is 11.9 Å². The number of carboxylic acids is 2. The van der Waals surface area contributed by atoms with Gasteiger partial charge in [-0.2, -0.15) is 0 Å². The van der Waals surface area contributed by atoms with Gasteiger partial charge in [-0.05, 0) is 89.6 Å². The molecule has 0 saturated heterocycles. The van der Waals surface area contributed by atoms with Crippen molar-refractivity contribution in [2.24, 2.45) is 0 Å². The van der Waals surface area contributed by atoms with E-state index in [-0.39, 0.29) is 5.78 Å². The number of hydrogen-bond donors (Lipinski definition) is 2. The largest absolute Gasteiger partial charge is 0.492 e. The summed E-state index contributed by atoms with van der Waals surface area (Å²) >= 11 is 0. The molecule has 234 valence electrons. The first-order valence-corrected chi connectivity index (χ1v) is 14.1. The number of allylic oxidation sites excluding steroid dienone is 1. The summed E-state index contributed by atoms with van der Waals surface area (Å²) in [6.45, 7) is 6.96. The van der Waals surface area contributed by atoms with Crippen LogP contribution in [0.15, 0.2) is 78.9 Å². The third-order valence-electron chi connectivity index (χ3n) is 6.07. The molecule has 0 aliphatic rings. The monoisotopic (exact) mass is 602 g/mol. The molecule has 0 amide bonds. The number of aryl methyl sites for hydroxylation is 2. The fourth-order valence-electron chi connectivity index (χ4n) is 3.96. The quantitative estimate of drug-likeness (QED) is 0.183. The minimum absolute atomic E-state index is 0.0795. The van der Waals surface area contributed by atoms with Crippen LogP contribution in [-0.2, 0) is 9.59 Å². The van der Waals surface area contributed by atoms with Crippen LogP contribution < -0.4 is 9.47 Å². The van der Waals surface area contributed by atoms with Gasteiger partial charge in [-0.25, -0.2) is 9.59 Å². The third-order valence-corrected chi connectivity index (χ3v) is 6.07. The SMILES string of the molecule is Cc1cc(C)cc(-c2ccc(OCCN(C)C)c(/C=C/C(=O)c3cccc(OCCN(C)C)c3)c2)c1.O=C(O)/C=C/C(=O)O. The highest BCUT2D eigenvalue weighted by atomic mass is 16.5. The Kier molecular flexibility index (Phi) is 14.5. The normalized spacial score (nSPS) is 11.1. The lowest BCUT2D eigenvalue weighted by molar-refractivity contribution is -0.134. The molecule has 0 radical (unpaired) electrons. The second kappa shape index (κ2) is 18.0. The van der Waals surface area contributed by atoms with Crippen LogP contribution in [0.2, 0.25) is 0 Å². The summed E-state index contributed by atoms with van der Waals surface area (Å²) in [5, 5.41) is 15.6. The number of nitrogens with zero attached hydrogens (tertiary/aromatic N) is 2. The molecule has 3 aromatic carbocycles. The highest BCUT2D eigenvalue weighted by molar-refractivity contribution is 6.07. The number of carbonyl (C=O) groups excluding carboxylic acids is 1. The fraction of sp³-hybridized carbons (Fsp3) is 0.286. The van der Waals surface area contributed by atoms with Gasteiger partial charge in [0.05, 0.1) is 0 Å². The summed E-state index contributed by atoms with van der Waals surface area (Å²) in [4.78, 5) is 36.3. The number of ketones is 1. The molecule has 44 heavy (non-hydrogen) atoms. The molecular weight excluding hydrogens is 560 g/mol. The van der Waals surface area contributed by atoms with Crippen LogP contribution in [0.3, 0.4) is 0 Å². The molecule has 0 atom stereocenters. The second-order valence-corrected chi connectivity index (χ2v) is 10.7. The molecule has 0 spiro atoms. The van der Waals surface area contributed by atoms with Crippen LogP contribution >= 0.6 is 0 Å². The average molecular weight is 603 g/mol. The number of rotatable bonds is 14. The zero-order chi connectivity index (χ0) is 32.6. The number of carboxylic acid groups (broad SMARTS) is 2. The van der Waals surface area contributed by atoms with Crippen molar-refractivity contribution in [3.63, 3.8) is 0 Å². The summed E-state index contributed by atoms with van der Waals surface area (Å²) in [5.41, 5.74) is 6.14. The van der Waals surface area contributed by atoms with Crippen LogP contribution in [-0.4, -0.2) is 92.2 Å². The van der Waals surface area contributed by atoms with Crippen molar-refractivity contribution in [1.82, 2.24) is 9.80 Å². The van der Waals surface area contributed by atoms with Gasteiger partial charge in [0.15, 0.2) is 5.78 Å². The van der Waals surface area contributed by atoms with Gasteiger partial charge in [0, 0.05) is 36.4 Å². The van der Waals surface area contributed by atoms with Crippen molar-refractivity contribution >= 4 is 23.8 Å². The summed E-state index contributed by atoms with van der Waals surface area (Å²) in [6, 6.07) is 20.0. The van der Waals surface area contributed by atoms with Crippen molar-refractivity contribution in [2.45, 2.75) is 13.8 Å². The van der Waals surface area contributed by atoms with Crippen molar-refractivity contribution in [1.29, 1.82) is 0 Å². The molecule has 0 saturated carbocycles. The van der Waals surface area contributed by atoms with Gasteiger partial charge < -0.3 is 29.5 Å². The topological polar surface area (TPSA) is 117 Å². The first-order chi connectivity index (χ1) is 20.8. The molecule has 0 fully saturated rings. The van der Waals surface area contributed by atoms with Gasteiger partial charge >= 0.3 is 11.9 Å². The molecular formula is C35H42N2O7. The Hall–Kier alpha value is -4.73. The van der Waals surface area contributed by atoms with Gasteiger partial charge in [-0.15, -0.1) is 0 Å². The summed E-state index contributed by atoms with van der Waals surface area (Å²) < 4.78 is 11.9. The van der Waals surface area contributed by atoms with E-state index in [1.165, 1.54) is 11.1 Å². The molecule has 0 bridgehead atoms. The molecule has 9 nitrogen and oxygen atoms in total. The lowest BCUT2D eigenvalue weighted by Gasteiger charge is -2.14. The summed E-state index contributed by atoms with van der Waals surface area (Å²) in [6.07, 6.45) is 4.57. The van der Waals surface area contributed by atoms with Gasteiger partial charge in [-0.1, -0.05) is 47.5 Å². The summed E-state index contributed by atoms with van der Waals surface area (Å²) in [7, 11) is 8.04. The van der Waals surface area contributed by atoms with Crippen molar-refractivity contribution in [3.05, 3.63) is 101 Å². The maximum Gasteiger partial charge on any atom is 0.328 e. The molecule has 0 unspecified atom stereocenters. The summed E-state index contributed by atoms with van der Waals surface area (Å²) in [5.74, 6) is -1.14. The molecule has 0 aliphatic heterocycles. The molecule has 9 heteroatoms. The first-order valence-electron chi connectivity index (χ1n) is 14.1. The highest BCUT2D eigenvalue weighted by Gasteiger charge is 2.09. The number of aliphatic carboxylic acids is 2. The third kappa shape index (κ3) is 13.5. The van der Waals surface area contributed by atoms with Crippen molar-refractivity contribution in [3.8, 4) is 22.6 Å². The van der Waals surface area contributed by atoms with Gasteiger partial charge in [0.2, 0.25) is 0 Å². The maximum atomic E-state index is 13.0. The highest BCUT2D eigenvalue weighted by Crippen LogP contribution is 2.29. The van der Waals surface area contributed by atoms with Crippen LogP contribution in [0.5, 0.6) is 11.5 Å². The number of benzene rings is 3. The Labute approximate surface area is 259 Å². The minimum atomic E-state index is -1.26. The van der Waals surface area contributed by atoms with Crippen LogP contribution in [0, 0.1) is 13.8 Å². The van der Waals surface area contributed by atoms with E-state index in [2.05, 4.69) is 54.0 Å². The van der Waals surface area contributed by atoms with Crippen LogP contribution in [0.1, 0.15) is 27.0 Å². The lowest BCUT2D eigenvalue weighted by Crippen LogP contribution is -2.19. The van der Waals surface area contributed by atoms with Crippen LogP contribution in [0.4, 0.5) is 0 Å². The van der Waals surface area contributed by atoms with E-state index in [0.29, 0.717) is 36.7 Å². The second-order valence-electron chi connectivity index (χ2n) is 10.7. The van der Waals surface area contributed by atoms with E-state index in [1.54, 1.807) is 12.1 Å². The number of carbonyl (C=O) groups is 3. The number of ether oxygens (including phenoxy) is 2. The Balaban J connectivity index is 0.000000742. The Morgan fingerprint density at radius 2 is 1.30 bits per heavy atom. The smallest absolute Gasteiger partial charge is 0.328 e. The zero-order valence-electron chi connectivity index (χ0n) is 26.2. The fourth-order valence-corrected chi connectivity index (χ4v) is 3.96. The lowest BCUT2D eigenvalue weighted by atomic mass is 9.98. The molecule has 3 rings (SSSR count). The molecule has 0 aliphatic carbocycles. The zero-order valence-corrected chi connectivity index (χ0v) is 26.2. The number of likely N-dealkylation sites (N-methyl/N-ethyl adjacent to an activating group) is 2.